The molecule has 1 aliphatic heterocycles. The van der Waals surface area contributed by atoms with Gasteiger partial charge in [0.1, 0.15) is 6.54 Å². The average molecular weight is 464 g/mol. The molecule has 1 aromatic heterocycles. The molecule has 8 heteroatoms. The molecular weight excluding hydrogens is 430 g/mol. The van der Waals surface area contributed by atoms with Crippen LogP contribution in [-0.4, -0.2) is 47.9 Å². The third-order valence-corrected chi connectivity index (χ3v) is 6.67. The number of carbonyl (C=O) groups is 3. The van der Waals surface area contributed by atoms with Gasteiger partial charge in [-0.05, 0) is 62.4 Å². The van der Waals surface area contributed by atoms with Crippen molar-refractivity contribution >= 4 is 29.1 Å². The fourth-order valence-electron chi connectivity index (χ4n) is 4.05. The lowest BCUT2D eigenvalue weighted by atomic mass is 10.1. The summed E-state index contributed by atoms with van der Waals surface area (Å²) in [4.78, 5) is 46.6. The van der Waals surface area contributed by atoms with Crippen LogP contribution in [0.1, 0.15) is 62.5 Å². The van der Waals surface area contributed by atoms with Gasteiger partial charge in [-0.25, -0.2) is 0 Å². The van der Waals surface area contributed by atoms with E-state index in [9.17, 15) is 14.4 Å². The van der Waals surface area contributed by atoms with Crippen LogP contribution in [-0.2, 0) is 9.59 Å². The monoisotopic (exact) mass is 463 g/mol. The van der Waals surface area contributed by atoms with Gasteiger partial charge in [-0.3, -0.25) is 24.3 Å². The molecule has 8 nitrogen and oxygen atoms in total. The van der Waals surface area contributed by atoms with Crippen LogP contribution in [0.4, 0.5) is 11.4 Å². The first-order chi connectivity index (χ1) is 16.3. The van der Waals surface area contributed by atoms with E-state index in [0.29, 0.717) is 22.9 Å². The first kappa shape index (κ1) is 23.9. The summed E-state index contributed by atoms with van der Waals surface area (Å²) >= 11 is 0. The Labute approximate surface area is 200 Å². The largest absolute Gasteiger partial charge is 0.345 e. The average Bonchev–Trinajstić information content (AvgIpc) is 3.66. The number of hydrogen-bond acceptors (Lipinski definition) is 5. The molecule has 180 valence electrons. The van der Waals surface area contributed by atoms with Gasteiger partial charge < -0.3 is 15.5 Å². The molecule has 3 amide bonds. The Balaban J connectivity index is 1.59. The zero-order chi connectivity index (χ0) is 24.4. The van der Waals surface area contributed by atoms with Crippen molar-refractivity contribution in [1.82, 2.24) is 15.6 Å². The van der Waals surface area contributed by atoms with Crippen molar-refractivity contribution in [1.29, 1.82) is 0 Å². The molecule has 2 aliphatic rings. The molecule has 0 spiro atoms. The molecule has 1 saturated carbocycles. The van der Waals surface area contributed by atoms with E-state index in [1.807, 2.05) is 26.0 Å². The normalized spacial score (nSPS) is 17.4. The van der Waals surface area contributed by atoms with Crippen molar-refractivity contribution in [3.05, 3.63) is 53.9 Å². The molecule has 2 atom stereocenters. The minimum Gasteiger partial charge on any atom is -0.345 e. The van der Waals surface area contributed by atoms with Crippen LogP contribution >= 0.6 is 0 Å². The number of anilines is 2. The van der Waals surface area contributed by atoms with Gasteiger partial charge in [0.05, 0.1) is 24.0 Å². The van der Waals surface area contributed by atoms with E-state index < -0.39 is 0 Å². The lowest BCUT2D eigenvalue weighted by molar-refractivity contribution is -0.122. The summed E-state index contributed by atoms with van der Waals surface area (Å²) in [6.45, 7) is 8.23. The summed E-state index contributed by atoms with van der Waals surface area (Å²) in [5.41, 5.74) is 2.65. The second-order valence-electron chi connectivity index (χ2n) is 9.57. The van der Waals surface area contributed by atoms with Gasteiger partial charge in [0, 0.05) is 30.0 Å². The van der Waals surface area contributed by atoms with E-state index in [0.717, 1.165) is 18.4 Å². The first-order valence-corrected chi connectivity index (χ1v) is 12.0. The highest BCUT2D eigenvalue weighted by Crippen LogP contribution is 2.41. The number of fused-ring (bicyclic) bond motifs is 1. The zero-order valence-electron chi connectivity index (χ0n) is 20.2. The lowest BCUT2D eigenvalue weighted by Crippen LogP contribution is -2.51. The first-order valence-electron chi connectivity index (χ1n) is 12.0. The Kier molecular flexibility index (Phi) is 6.97. The van der Waals surface area contributed by atoms with Crippen LogP contribution in [0.25, 0.3) is 0 Å². The second kappa shape index (κ2) is 9.93. The van der Waals surface area contributed by atoms with E-state index in [-0.39, 0.29) is 48.9 Å². The van der Waals surface area contributed by atoms with Gasteiger partial charge in [0.15, 0.2) is 0 Å². The zero-order valence-corrected chi connectivity index (χ0v) is 20.2. The van der Waals surface area contributed by atoms with Crippen LogP contribution in [0.15, 0.2) is 42.7 Å². The Morgan fingerprint density at radius 3 is 2.53 bits per heavy atom. The smallest absolute Gasteiger partial charge is 0.251 e. The molecule has 0 bridgehead atoms. The number of pyridine rings is 1. The molecule has 0 saturated heterocycles. The highest BCUT2D eigenvalue weighted by molar-refractivity contribution is 6.13. The molecule has 1 aromatic carbocycles. The van der Waals surface area contributed by atoms with E-state index in [4.69, 9.17) is 0 Å². The Morgan fingerprint density at radius 1 is 1.12 bits per heavy atom. The molecule has 2 heterocycles. The Bertz CT molecular complexity index is 1070. The SMILES string of the molecule is CC(NC(=O)c1ccc2c(c1)N(C(=O)CN[C@@H](C)C(C)C)CC(=O)N2C1CC1)c1cccnc1. The van der Waals surface area contributed by atoms with Crippen molar-refractivity contribution in [2.45, 2.75) is 58.7 Å². The summed E-state index contributed by atoms with van der Waals surface area (Å²) in [5.74, 6) is -0.125. The van der Waals surface area contributed by atoms with Crippen LogP contribution in [0.2, 0.25) is 0 Å². The molecule has 1 aliphatic carbocycles. The Morgan fingerprint density at radius 2 is 1.88 bits per heavy atom. The molecule has 2 N–H and O–H groups in total. The number of carbonyl (C=O) groups excluding carboxylic acids is 3. The van der Waals surface area contributed by atoms with Gasteiger partial charge in [0.2, 0.25) is 11.8 Å². The number of nitrogens with one attached hydrogen (secondary N) is 2. The van der Waals surface area contributed by atoms with Gasteiger partial charge in [0.25, 0.3) is 5.91 Å². The molecular formula is C26H33N5O3. The van der Waals surface area contributed by atoms with Gasteiger partial charge >= 0.3 is 0 Å². The minimum absolute atomic E-state index is 0.0166. The summed E-state index contributed by atoms with van der Waals surface area (Å²) in [7, 11) is 0. The van der Waals surface area contributed by atoms with E-state index >= 15 is 0 Å². The molecule has 34 heavy (non-hydrogen) atoms. The van der Waals surface area contributed by atoms with Gasteiger partial charge in [-0.2, -0.15) is 0 Å². The topological polar surface area (TPSA) is 94.6 Å². The quantitative estimate of drug-likeness (QED) is 0.628. The van der Waals surface area contributed by atoms with Crippen molar-refractivity contribution in [2.75, 3.05) is 22.9 Å². The number of rotatable bonds is 8. The van der Waals surface area contributed by atoms with E-state index in [1.165, 1.54) is 4.90 Å². The molecule has 1 unspecified atom stereocenters. The third kappa shape index (κ3) is 5.12. The van der Waals surface area contributed by atoms with Crippen LogP contribution in [0.5, 0.6) is 0 Å². The van der Waals surface area contributed by atoms with Gasteiger partial charge in [-0.1, -0.05) is 19.9 Å². The fraction of sp³-hybridized carbons (Fsp3) is 0.462. The summed E-state index contributed by atoms with van der Waals surface area (Å²) in [6.07, 6.45) is 5.33. The van der Waals surface area contributed by atoms with Crippen molar-refractivity contribution in [3.63, 3.8) is 0 Å². The summed E-state index contributed by atoms with van der Waals surface area (Å²) in [5, 5.41) is 6.25. The molecule has 0 radical (unpaired) electrons. The standard InChI is InChI=1S/C26H33N5O3/c1-16(2)17(3)28-14-24(32)30-15-25(33)31(21-8-9-21)22-10-7-19(12-23(22)30)26(34)29-18(4)20-6-5-11-27-13-20/h5-7,10-13,16-18,21,28H,8-9,14-15H2,1-4H3,(H,29,34)/t17-,18?/m0/s1. The molecule has 4 rings (SSSR count). The maximum Gasteiger partial charge on any atom is 0.251 e. The van der Waals surface area contributed by atoms with Crippen LogP contribution in [0.3, 0.4) is 0 Å². The number of benzene rings is 1. The summed E-state index contributed by atoms with van der Waals surface area (Å²) in [6, 6.07) is 9.10. The molecule has 1 fully saturated rings. The third-order valence-electron chi connectivity index (χ3n) is 6.67. The second-order valence-corrected chi connectivity index (χ2v) is 9.57. The minimum atomic E-state index is -0.243. The maximum absolute atomic E-state index is 13.2. The highest BCUT2D eigenvalue weighted by atomic mass is 16.2. The van der Waals surface area contributed by atoms with Crippen molar-refractivity contribution in [2.24, 2.45) is 5.92 Å². The number of nitrogens with zero attached hydrogens (tertiary/aromatic N) is 3. The predicted molar refractivity (Wildman–Crippen MR) is 132 cm³/mol. The highest BCUT2D eigenvalue weighted by Gasteiger charge is 2.40. The summed E-state index contributed by atoms with van der Waals surface area (Å²) < 4.78 is 0. The maximum atomic E-state index is 13.2. The van der Waals surface area contributed by atoms with Crippen molar-refractivity contribution in [3.8, 4) is 0 Å². The number of amides is 3. The van der Waals surface area contributed by atoms with Crippen LogP contribution in [0, 0.1) is 5.92 Å². The Hall–Kier alpha value is -3.26. The van der Waals surface area contributed by atoms with Gasteiger partial charge in [-0.15, -0.1) is 0 Å². The molecule has 2 aromatic rings. The predicted octanol–water partition coefficient (Wildman–Crippen LogP) is 3.05. The number of aromatic nitrogens is 1. The van der Waals surface area contributed by atoms with Crippen LogP contribution < -0.4 is 20.4 Å². The fourth-order valence-corrected chi connectivity index (χ4v) is 4.05. The lowest BCUT2D eigenvalue weighted by Gasteiger charge is -2.37. The van der Waals surface area contributed by atoms with Crippen molar-refractivity contribution < 1.29 is 14.4 Å². The van der Waals surface area contributed by atoms with E-state index in [1.54, 1.807) is 35.5 Å². The number of hydrogen-bond donors (Lipinski definition) is 2. The van der Waals surface area contributed by atoms with E-state index in [2.05, 4.69) is 29.5 Å².